The number of benzene rings is 1. The van der Waals surface area contributed by atoms with Gasteiger partial charge in [-0.05, 0) is 43.6 Å². The van der Waals surface area contributed by atoms with E-state index in [0.717, 1.165) is 44.7 Å². The molecule has 0 bridgehead atoms. The third kappa shape index (κ3) is 4.86. The Bertz CT molecular complexity index is 519. The van der Waals surface area contributed by atoms with Gasteiger partial charge in [-0.15, -0.1) is 0 Å². The molecule has 1 aliphatic heterocycles. The predicted octanol–water partition coefficient (Wildman–Crippen LogP) is 2.19. The van der Waals surface area contributed by atoms with Gasteiger partial charge in [0.1, 0.15) is 0 Å². The number of nitrogens with zero attached hydrogens (tertiary/aromatic N) is 2. The van der Waals surface area contributed by atoms with Gasteiger partial charge in [-0.1, -0.05) is 13.0 Å². The van der Waals surface area contributed by atoms with E-state index in [9.17, 15) is 4.79 Å². The van der Waals surface area contributed by atoms with Gasteiger partial charge in [0.15, 0.2) is 11.5 Å². The van der Waals surface area contributed by atoms with Gasteiger partial charge < -0.3 is 19.3 Å². The molecule has 0 unspecified atom stereocenters. The van der Waals surface area contributed by atoms with Crippen molar-refractivity contribution in [2.45, 2.75) is 26.2 Å². The molecule has 0 radical (unpaired) electrons. The van der Waals surface area contributed by atoms with Gasteiger partial charge in [0, 0.05) is 19.6 Å². The topological polar surface area (TPSA) is 42.0 Å². The number of rotatable bonds is 6. The molecular formula is C18H28N2O3. The second-order valence-electron chi connectivity index (χ2n) is 5.94. The van der Waals surface area contributed by atoms with E-state index in [0.29, 0.717) is 17.9 Å². The van der Waals surface area contributed by atoms with Crippen LogP contribution < -0.4 is 9.47 Å². The van der Waals surface area contributed by atoms with Crippen molar-refractivity contribution >= 4 is 5.91 Å². The van der Waals surface area contributed by atoms with Crippen LogP contribution in [0.25, 0.3) is 0 Å². The monoisotopic (exact) mass is 320 g/mol. The first kappa shape index (κ1) is 17.6. The van der Waals surface area contributed by atoms with Gasteiger partial charge in [0.25, 0.3) is 0 Å². The number of hydrogen-bond acceptors (Lipinski definition) is 4. The third-order valence-corrected chi connectivity index (χ3v) is 4.28. The lowest BCUT2D eigenvalue weighted by atomic mass is 10.1. The van der Waals surface area contributed by atoms with Crippen LogP contribution in [0.5, 0.6) is 11.5 Å². The normalized spacial score (nSPS) is 16.0. The molecule has 1 aromatic carbocycles. The minimum atomic E-state index is 0.190. The average molecular weight is 320 g/mol. The largest absolute Gasteiger partial charge is 0.493 e. The number of amides is 1. The van der Waals surface area contributed by atoms with E-state index in [-0.39, 0.29) is 5.91 Å². The van der Waals surface area contributed by atoms with Gasteiger partial charge >= 0.3 is 0 Å². The quantitative estimate of drug-likeness (QED) is 0.806. The summed E-state index contributed by atoms with van der Waals surface area (Å²) in [5.74, 6) is 1.55. The molecule has 0 atom stereocenters. The van der Waals surface area contributed by atoms with Gasteiger partial charge in [0.2, 0.25) is 5.91 Å². The van der Waals surface area contributed by atoms with Crippen LogP contribution in [0.2, 0.25) is 0 Å². The SMILES string of the molecule is CCCN1CCCN(C(=O)Cc2ccc(OC)c(OC)c2)CC1. The van der Waals surface area contributed by atoms with E-state index in [1.165, 1.54) is 6.42 Å². The summed E-state index contributed by atoms with van der Waals surface area (Å²) in [5, 5.41) is 0. The lowest BCUT2D eigenvalue weighted by Gasteiger charge is -2.22. The lowest BCUT2D eigenvalue weighted by Crippen LogP contribution is -2.36. The van der Waals surface area contributed by atoms with Gasteiger partial charge in [-0.2, -0.15) is 0 Å². The number of ether oxygens (including phenoxy) is 2. The summed E-state index contributed by atoms with van der Waals surface area (Å²) < 4.78 is 10.5. The Labute approximate surface area is 139 Å². The van der Waals surface area contributed by atoms with Crippen LogP contribution in [-0.2, 0) is 11.2 Å². The van der Waals surface area contributed by atoms with Crippen LogP contribution in [0.15, 0.2) is 18.2 Å². The molecule has 23 heavy (non-hydrogen) atoms. The lowest BCUT2D eigenvalue weighted by molar-refractivity contribution is -0.130. The fourth-order valence-corrected chi connectivity index (χ4v) is 3.04. The molecule has 1 aliphatic rings. The molecule has 1 heterocycles. The van der Waals surface area contributed by atoms with Crippen LogP contribution in [0, 0.1) is 0 Å². The molecule has 1 saturated heterocycles. The van der Waals surface area contributed by atoms with Crippen LogP contribution in [0.1, 0.15) is 25.3 Å². The van der Waals surface area contributed by atoms with Gasteiger partial charge in [-0.3, -0.25) is 4.79 Å². The van der Waals surface area contributed by atoms with Crippen LogP contribution in [0.4, 0.5) is 0 Å². The molecule has 0 saturated carbocycles. The van der Waals surface area contributed by atoms with E-state index in [1.54, 1.807) is 14.2 Å². The molecule has 0 aromatic heterocycles. The highest BCUT2D eigenvalue weighted by Gasteiger charge is 2.19. The van der Waals surface area contributed by atoms with E-state index in [1.807, 2.05) is 23.1 Å². The summed E-state index contributed by atoms with van der Waals surface area (Å²) >= 11 is 0. The summed E-state index contributed by atoms with van der Waals surface area (Å²) in [7, 11) is 3.22. The predicted molar refractivity (Wildman–Crippen MR) is 91.2 cm³/mol. The fraction of sp³-hybridized carbons (Fsp3) is 0.611. The third-order valence-electron chi connectivity index (χ3n) is 4.28. The average Bonchev–Trinajstić information content (AvgIpc) is 2.81. The first-order valence-corrected chi connectivity index (χ1v) is 8.39. The minimum Gasteiger partial charge on any atom is -0.493 e. The Morgan fingerprint density at radius 1 is 1.09 bits per heavy atom. The summed E-state index contributed by atoms with van der Waals surface area (Å²) in [6, 6.07) is 5.67. The molecule has 0 N–H and O–H groups in total. The van der Waals surface area contributed by atoms with Crippen LogP contribution >= 0.6 is 0 Å². The summed E-state index contributed by atoms with van der Waals surface area (Å²) in [5.41, 5.74) is 0.960. The standard InChI is InChI=1S/C18H28N2O3/c1-4-8-19-9-5-10-20(12-11-19)18(21)14-15-6-7-16(22-2)17(13-15)23-3/h6-7,13H,4-5,8-12,14H2,1-3H3. The zero-order valence-corrected chi connectivity index (χ0v) is 14.5. The highest BCUT2D eigenvalue weighted by Crippen LogP contribution is 2.27. The van der Waals surface area contributed by atoms with Gasteiger partial charge in [0.05, 0.1) is 20.6 Å². The number of carbonyl (C=O) groups excluding carboxylic acids is 1. The smallest absolute Gasteiger partial charge is 0.227 e. The van der Waals surface area contributed by atoms with E-state index < -0.39 is 0 Å². The second kappa shape index (κ2) is 8.77. The Morgan fingerprint density at radius 2 is 1.87 bits per heavy atom. The zero-order chi connectivity index (χ0) is 16.7. The first-order valence-electron chi connectivity index (χ1n) is 8.39. The molecule has 1 fully saturated rings. The maximum Gasteiger partial charge on any atom is 0.227 e. The maximum atomic E-state index is 12.6. The fourth-order valence-electron chi connectivity index (χ4n) is 3.04. The molecule has 1 aromatic rings. The van der Waals surface area contributed by atoms with Crippen molar-refractivity contribution in [3.63, 3.8) is 0 Å². The number of hydrogen-bond donors (Lipinski definition) is 0. The number of methoxy groups -OCH3 is 2. The molecule has 5 heteroatoms. The Balaban J connectivity index is 1.96. The van der Waals surface area contributed by atoms with Crippen LogP contribution in [0.3, 0.4) is 0 Å². The van der Waals surface area contributed by atoms with Gasteiger partial charge in [-0.25, -0.2) is 0 Å². The first-order chi connectivity index (χ1) is 11.2. The van der Waals surface area contributed by atoms with Crippen molar-refractivity contribution in [2.24, 2.45) is 0 Å². The summed E-state index contributed by atoms with van der Waals surface area (Å²) in [6.07, 6.45) is 2.63. The Morgan fingerprint density at radius 3 is 2.57 bits per heavy atom. The molecular weight excluding hydrogens is 292 g/mol. The van der Waals surface area contributed by atoms with Crippen LogP contribution in [-0.4, -0.2) is 62.7 Å². The highest BCUT2D eigenvalue weighted by molar-refractivity contribution is 5.79. The number of carbonyl (C=O) groups is 1. The second-order valence-corrected chi connectivity index (χ2v) is 5.94. The van der Waals surface area contributed by atoms with Crippen molar-refractivity contribution in [3.8, 4) is 11.5 Å². The zero-order valence-electron chi connectivity index (χ0n) is 14.5. The van der Waals surface area contributed by atoms with Crippen molar-refractivity contribution in [3.05, 3.63) is 23.8 Å². The van der Waals surface area contributed by atoms with Crippen molar-refractivity contribution in [2.75, 3.05) is 46.9 Å². The molecule has 1 amide bonds. The van der Waals surface area contributed by atoms with E-state index in [2.05, 4.69) is 11.8 Å². The highest BCUT2D eigenvalue weighted by atomic mass is 16.5. The van der Waals surface area contributed by atoms with Crippen molar-refractivity contribution in [1.29, 1.82) is 0 Å². The maximum absolute atomic E-state index is 12.6. The molecule has 5 nitrogen and oxygen atoms in total. The summed E-state index contributed by atoms with van der Waals surface area (Å²) in [4.78, 5) is 17.0. The molecule has 2 rings (SSSR count). The van der Waals surface area contributed by atoms with E-state index in [4.69, 9.17) is 9.47 Å². The minimum absolute atomic E-state index is 0.190. The molecule has 0 aliphatic carbocycles. The molecule has 0 spiro atoms. The Hall–Kier alpha value is -1.75. The van der Waals surface area contributed by atoms with E-state index >= 15 is 0 Å². The van der Waals surface area contributed by atoms with Crippen molar-refractivity contribution in [1.82, 2.24) is 9.80 Å². The molecule has 128 valence electrons. The van der Waals surface area contributed by atoms with Crippen molar-refractivity contribution < 1.29 is 14.3 Å². The summed E-state index contributed by atoms with van der Waals surface area (Å²) in [6.45, 7) is 7.07. The Kier molecular flexibility index (Phi) is 6.71.